The van der Waals surface area contributed by atoms with Crippen LogP contribution in [0.25, 0.3) is 0 Å². The van der Waals surface area contributed by atoms with E-state index in [1.54, 1.807) is 31.4 Å². The fourth-order valence-electron chi connectivity index (χ4n) is 1.29. The van der Waals surface area contributed by atoms with Crippen LogP contribution in [0.2, 0.25) is 10.0 Å². The molecule has 2 aromatic rings. The smallest absolute Gasteiger partial charge is 0.259 e. The molecule has 88 valence electrons. The Morgan fingerprint density at radius 3 is 2.71 bits per heavy atom. The van der Waals surface area contributed by atoms with Crippen molar-refractivity contribution < 1.29 is 4.79 Å². The van der Waals surface area contributed by atoms with Gasteiger partial charge in [-0.05, 0) is 18.2 Å². The zero-order chi connectivity index (χ0) is 12.4. The summed E-state index contributed by atoms with van der Waals surface area (Å²) in [5.41, 5.74) is 0.483. The zero-order valence-electron chi connectivity index (χ0n) is 8.85. The fourth-order valence-corrected chi connectivity index (χ4v) is 2.20. The number of benzene rings is 1. The molecule has 0 bridgehead atoms. The molecule has 1 heterocycles. The summed E-state index contributed by atoms with van der Waals surface area (Å²) in [5, 5.41) is 3.25. The number of amides is 1. The number of carbonyl (C=O) groups is 1. The van der Waals surface area contributed by atoms with Crippen molar-refractivity contribution in [3.8, 4) is 0 Å². The molecule has 0 aliphatic heterocycles. The molecule has 0 radical (unpaired) electrons. The summed E-state index contributed by atoms with van der Waals surface area (Å²) in [6.07, 6.45) is 1.65. The Labute approximate surface area is 113 Å². The highest BCUT2D eigenvalue weighted by molar-refractivity contribution is 7.13. The summed E-state index contributed by atoms with van der Waals surface area (Å²) < 4.78 is 0. The lowest BCUT2D eigenvalue weighted by Crippen LogP contribution is -2.25. The molecule has 0 saturated heterocycles. The molecule has 17 heavy (non-hydrogen) atoms. The molecule has 0 aliphatic carbocycles. The summed E-state index contributed by atoms with van der Waals surface area (Å²) in [5.74, 6) is -0.168. The molecule has 0 aliphatic rings. The monoisotopic (exact) mass is 286 g/mol. The third-order valence-corrected chi connectivity index (χ3v) is 3.76. The lowest BCUT2D eigenvalue weighted by atomic mass is 10.2. The number of aromatic nitrogens is 1. The lowest BCUT2D eigenvalue weighted by molar-refractivity contribution is 0.0993. The predicted octanol–water partition coefficient (Wildman–Crippen LogP) is 3.73. The molecule has 2 rings (SSSR count). The van der Waals surface area contributed by atoms with Crippen LogP contribution in [-0.4, -0.2) is 17.9 Å². The van der Waals surface area contributed by atoms with Crippen LogP contribution < -0.4 is 4.90 Å². The van der Waals surface area contributed by atoms with Crippen molar-refractivity contribution in [3.63, 3.8) is 0 Å². The Morgan fingerprint density at radius 2 is 2.12 bits per heavy atom. The maximum atomic E-state index is 12.1. The van der Waals surface area contributed by atoms with Crippen molar-refractivity contribution in [3.05, 3.63) is 45.4 Å². The molecule has 1 aromatic heterocycles. The summed E-state index contributed by atoms with van der Waals surface area (Å²) >= 11 is 13.1. The van der Waals surface area contributed by atoms with E-state index in [0.29, 0.717) is 20.7 Å². The number of anilines is 1. The van der Waals surface area contributed by atoms with Gasteiger partial charge in [-0.2, -0.15) is 0 Å². The number of rotatable bonds is 2. The topological polar surface area (TPSA) is 33.2 Å². The van der Waals surface area contributed by atoms with E-state index in [1.807, 2.05) is 5.38 Å². The molecule has 0 saturated carbocycles. The van der Waals surface area contributed by atoms with Crippen LogP contribution in [0.3, 0.4) is 0 Å². The number of halogens is 2. The summed E-state index contributed by atoms with van der Waals surface area (Å²) in [6.45, 7) is 0. The SMILES string of the molecule is CN(C(=O)c1ccc(Cl)c(Cl)c1)c1nccs1. The zero-order valence-corrected chi connectivity index (χ0v) is 11.2. The number of hydrogen-bond acceptors (Lipinski definition) is 3. The van der Waals surface area contributed by atoms with Crippen LogP contribution >= 0.6 is 34.5 Å². The van der Waals surface area contributed by atoms with Crippen molar-refractivity contribution in [1.29, 1.82) is 0 Å². The van der Waals surface area contributed by atoms with E-state index in [0.717, 1.165) is 0 Å². The lowest BCUT2D eigenvalue weighted by Gasteiger charge is -2.13. The maximum absolute atomic E-state index is 12.1. The number of carbonyl (C=O) groups excluding carboxylic acids is 1. The second-order valence-electron chi connectivity index (χ2n) is 3.31. The van der Waals surface area contributed by atoms with Crippen LogP contribution in [0.4, 0.5) is 5.13 Å². The molecular formula is C11H8Cl2N2OS. The average Bonchev–Trinajstić information content (AvgIpc) is 2.84. The molecule has 0 atom stereocenters. The van der Waals surface area contributed by atoms with Gasteiger partial charge in [0.25, 0.3) is 5.91 Å². The van der Waals surface area contributed by atoms with Crippen LogP contribution in [0.15, 0.2) is 29.8 Å². The van der Waals surface area contributed by atoms with E-state index in [9.17, 15) is 4.79 Å². The van der Waals surface area contributed by atoms with Gasteiger partial charge in [0.15, 0.2) is 5.13 Å². The van der Waals surface area contributed by atoms with Gasteiger partial charge >= 0.3 is 0 Å². The molecule has 0 N–H and O–H groups in total. The second-order valence-corrected chi connectivity index (χ2v) is 5.00. The quantitative estimate of drug-likeness (QED) is 0.843. The molecule has 6 heteroatoms. The first-order valence-electron chi connectivity index (χ1n) is 4.72. The van der Waals surface area contributed by atoms with Crippen molar-refractivity contribution >= 4 is 45.6 Å². The first-order chi connectivity index (χ1) is 8.09. The normalized spacial score (nSPS) is 10.3. The molecule has 0 spiro atoms. The van der Waals surface area contributed by atoms with Gasteiger partial charge in [0, 0.05) is 24.2 Å². The minimum atomic E-state index is -0.168. The van der Waals surface area contributed by atoms with E-state index in [2.05, 4.69) is 4.98 Å². The molecule has 1 amide bonds. The van der Waals surface area contributed by atoms with E-state index in [4.69, 9.17) is 23.2 Å². The van der Waals surface area contributed by atoms with Crippen molar-refractivity contribution in [2.24, 2.45) is 0 Å². The highest BCUT2D eigenvalue weighted by atomic mass is 35.5. The molecule has 1 aromatic carbocycles. The largest absolute Gasteiger partial charge is 0.287 e. The minimum Gasteiger partial charge on any atom is -0.287 e. The van der Waals surface area contributed by atoms with E-state index in [1.165, 1.54) is 16.2 Å². The first-order valence-corrected chi connectivity index (χ1v) is 6.36. The van der Waals surface area contributed by atoms with Crippen LogP contribution in [-0.2, 0) is 0 Å². The van der Waals surface area contributed by atoms with Gasteiger partial charge in [0.2, 0.25) is 0 Å². The van der Waals surface area contributed by atoms with Gasteiger partial charge in [0.1, 0.15) is 0 Å². The highest BCUT2D eigenvalue weighted by Gasteiger charge is 2.16. The number of nitrogens with zero attached hydrogens (tertiary/aromatic N) is 2. The maximum Gasteiger partial charge on any atom is 0.259 e. The Kier molecular flexibility index (Phi) is 3.66. The van der Waals surface area contributed by atoms with E-state index < -0.39 is 0 Å². The van der Waals surface area contributed by atoms with E-state index in [-0.39, 0.29) is 5.91 Å². The predicted molar refractivity (Wildman–Crippen MR) is 71.3 cm³/mol. The Hall–Kier alpha value is -1.10. The molecular weight excluding hydrogens is 279 g/mol. The van der Waals surface area contributed by atoms with Crippen LogP contribution in [0.5, 0.6) is 0 Å². The number of thiazole rings is 1. The van der Waals surface area contributed by atoms with Crippen molar-refractivity contribution in [1.82, 2.24) is 4.98 Å². The summed E-state index contributed by atoms with van der Waals surface area (Å²) in [6, 6.07) is 4.80. The minimum absolute atomic E-state index is 0.168. The summed E-state index contributed by atoms with van der Waals surface area (Å²) in [4.78, 5) is 17.6. The third-order valence-electron chi connectivity index (χ3n) is 2.18. The average molecular weight is 287 g/mol. The first kappa shape index (κ1) is 12.4. The Balaban J connectivity index is 2.28. The third kappa shape index (κ3) is 2.60. The van der Waals surface area contributed by atoms with Crippen molar-refractivity contribution in [2.45, 2.75) is 0 Å². The van der Waals surface area contributed by atoms with Gasteiger partial charge in [-0.1, -0.05) is 23.2 Å². The van der Waals surface area contributed by atoms with Crippen molar-refractivity contribution in [2.75, 3.05) is 11.9 Å². The molecule has 0 fully saturated rings. The summed E-state index contributed by atoms with van der Waals surface area (Å²) in [7, 11) is 1.67. The fraction of sp³-hybridized carbons (Fsp3) is 0.0909. The van der Waals surface area contributed by atoms with Gasteiger partial charge in [-0.15, -0.1) is 11.3 Å². The van der Waals surface area contributed by atoms with Gasteiger partial charge < -0.3 is 0 Å². The molecule has 0 unspecified atom stereocenters. The molecule has 3 nitrogen and oxygen atoms in total. The van der Waals surface area contributed by atoms with Crippen LogP contribution in [0, 0.1) is 0 Å². The Bertz CT molecular complexity index is 542. The van der Waals surface area contributed by atoms with Crippen LogP contribution in [0.1, 0.15) is 10.4 Å². The van der Waals surface area contributed by atoms with Gasteiger partial charge in [0.05, 0.1) is 10.0 Å². The number of hydrogen-bond donors (Lipinski definition) is 0. The highest BCUT2D eigenvalue weighted by Crippen LogP contribution is 2.24. The van der Waals surface area contributed by atoms with Gasteiger partial charge in [-0.25, -0.2) is 4.98 Å². The second kappa shape index (κ2) is 5.04. The van der Waals surface area contributed by atoms with E-state index >= 15 is 0 Å². The van der Waals surface area contributed by atoms with Gasteiger partial charge in [-0.3, -0.25) is 9.69 Å². The Morgan fingerprint density at radius 1 is 1.35 bits per heavy atom. The standard InChI is InChI=1S/C11H8Cl2N2OS/c1-15(11-14-4-5-17-11)10(16)7-2-3-8(12)9(13)6-7/h2-6H,1H3.